The van der Waals surface area contributed by atoms with Crippen LogP contribution in [-0.2, 0) is 13.6 Å². The van der Waals surface area contributed by atoms with Crippen LogP contribution >= 0.6 is 0 Å². The monoisotopic (exact) mass is 288 g/mol. The standard InChI is InChI=1S/C16H24N4O/c1-11(2)15-13(10-20(5)19-15)9-18-14-7-6-8-17-16(14)21-12(3)4/h6-8,10-12,18H,9H2,1-5H3. The van der Waals surface area contributed by atoms with Crippen molar-refractivity contribution < 1.29 is 4.74 Å². The number of hydrogen-bond acceptors (Lipinski definition) is 4. The fourth-order valence-electron chi connectivity index (χ4n) is 2.21. The van der Waals surface area contributed by atoms with Crippen LogP contribution in [0.4, 0.5) is 5.69 Å². The van der Waals surface area contributed by atoms with E-state index in [0.717, 1.165) is 11.4 Å². The van der Waals surface area contributed by atoms with Gasteiger partial charge in [-0.2, -0.15) is 5.10 Å². The zero-order chi connectivity index (χ0) is 15.4. The second-order valence-corrected chi connectivity index (χ2v) is 5.74. The molecule has 0 aliphatic rings. The summed E-state index contributed by atoms with van der Waals surface area (Å²) < 4.78 is 7.58. The second-order valence-electron chi connectivity index (χ2n) is 5.74. The summed E-state index contributed by atoms with van der Waals surface area (Å²) in [7, 11) is 1.95. The van der Waals surface area contributed by atoms with Gasteiger partial charge in [-0.25, -0.2) is 4.98 Å². The van der Waals surface area contributed by atoms with Gasteiger partial charge in [0.1, 0.15) is 0 Å². The molecule has 5 nitrogen and oxygen atoms in total. The van der Waals surface area contributed by atoms with Crippen molar-refractivity contribution in [3.63, 3.8) is 0 Å². The van der Waals surface area contributed by atoms with Gasteiger partial charge in [-0.15, -0.1) is 0 Å². The first-order valence-corrected chi connectivity index (χ1v) is 7.35. The number of anilines is 1. The Kier molecular flexibility index (Phi) is 4.83. The Morgan fingerprint density at radius 1 is 1.29 bits per heavy atom. The Morgan fingerprint density at radius 3 is 2.71 bits per heavy atom. The molecular weight excluding hydrogens is 264 g/mol. The number of ether oxygens (including phenoxy) is 1. The molecule has 0 unspecified atom stereocenters. The van der Waals surface area contributed by atoms with Crippen LogP contribution in [0.25, 0.3) is 0 Å². The van der Waals surface area contributed by atoms with Crippen molar-refractivity contribution in [3.8, 4) is 5.88 Å². The number of rotatable bonds is 6. The molecule has 0 bridgehead atoms. The molecule has 0 fully saturated rings. The molecule has 0 atom stereocenters. The van der Waals surface area contributed by atoms with Crippen LogP contribution < -0.4 is 10.1 Å². The summed E-state index contributed by atoms with van der Waals surface area (Å²) in [6.07, 6.45) is 3.90. The highest BCUT2D eigenvalue weighted by molar-refractivity contribution is 5.52. The third kappa shape index (κ3) is 3.97. The first-order chi connectivity index (χ1) is 9.97. The number of nitrogens with zero attached hydrogens (tertiary/aromatic N) is 3. The summed E-state index contributed by atoms with van der Waals surface area (Å²) in [6, 6.07) is 3.89. The van der Waals surface area contributed by atoms with Gasteiger partial charge in [0.25, 0.3) is 0 Å². The molecule has 0 aliphatic carbocycles. The van der Waals surface area contributed by atoms with Crippen LogP contribution in [0.3, 0.4) is 0 Å². The minimum Gasteiger partial charge on any atom is -0.473 e. The summed E-state index contributed by atoms with van der Waals surface area (Å²) in [4.78, 5) is 4.29. The maximum absolute atomic E-state index is 5.72. The highest BCUT2D eigenvalue weighted by Gasteiger charge is 2.12. The predicted octanol–water partition coefficient (Wildman–Crippen LogP) is 3.34. The minimum atomic E-state index is 0.102. The molecule has 2 rings (SSSR count). The van der Waals surface area contributed by atoms with Gasteiger partial charge in [0.15, 0.2) is 0 Å². The molecule has 0 saturated carbocycles. The van der Waals surface area contributed by atoms with E-state index in [2.05, 4.69) is 35.4 Å². The van der Waals surface area contributed by atoms with Crippen molar-refractivity contribution in [3.05, 3.63) is 35.8 Å². The van der Waals surface area contributed by atoms with Crippen molar-refractivity contribution in [2.24, 2.45) is 7.05 Å². The van der Waals surface area contributed by atoms with Crippen LogP contribution in [0.5, 0.6) is 5.88 Å². The van der Waals surface area contributed by atoms with Gasteiger partial charge < -0.3 is 10.1 Å². The summed E-state index contributed by atoms with van der Waals surface area (Å²) in [5.74, 6) is 1.05. The van der Waals surface area contributed by atoms with Crippen molar-refractivity contribution in [2.45, 2.75) is 46.3 Å². The summed E-state index contributed by atoms with van der Waals surface area (Å²) in [5, 5.41) is 7.93. The molecule has 0 amide bonds. The third-order valence-corrected chi connectivity index (χ3v) is 3.07. The molecule has 0 spiro atoms. The molecule has 0 saturated heterocycles. The SMILES string of the molecule is CC(C)Oc1ncccc1NCc1cn(C)nc1C(C)C. The van der Waals surface area contributed by atoms with Crippen LogP contribution in [0.1, 0.15) is 44.9 Å². The zero-order valence-electron chi connectivity index (χ0n) is 13.4. The summed E-state index contributed by atoms with van der Waals surface area (Å²) in [6.45, 7) is 9.01. The van der Waals surface area contributed by atoms with Crippen molar-refractivity contribution >= 4 is 5.69 Å². The van der Waals surface area contributed by atoms with E-state index in [1.807, 2.05) is 37.7 Å². The van der Waals surface area contributed by atoms with Crippen LogP contribution in [0, 0.1) is 0 Å². The molecule has 0 aliphatic heterocycles. The highest BCUT2D eigenvalue weighted by Crippen LogP contribution is 2.24. The van der Waals surface area contributed by atoms with Crippen LogP contribution in [-0.4, -0.2) is 20.9 Å². The van der Waals surface area contributed by atoms with E-state index in [-0.39, 0.29) is 6.10 Å². The maximum atomic E-state index is 5.72. The Morgan fingerprint density at radius 2 is 2.05 bits per heavy atom. The molecule has 114 valence electrons. The maximum Gasteiger partial charge on any atom is 0.237 e. The zero-order valence-corrected chi connectivity index (χ0v) is 13.4. The van der Waals surface area contributed by atoms with Crippen molar-refractivity contribution in [1.82, 2.24) is 14.8 Å². The number of hydrogen-bond donors (Lipinski definition) is 1. The lowest BCUT2D eigenvalue weighted by Crippen LogP contribution is -2.10. The van der Waals surface area contributed by atoms with Crippen molar-refractivity contribution in [2.75, 3.05) is 5.32 Å². The fourth-order valence-corrected chi connectivity index (χ4v) is 2.21. The van der Waals surface area contributed by atoms with E-state index in [4.69, 9.17) is 4.74 Å². The van der Waals surface area contributed by atoms with Crippen LogP contribution in [0.15, 0.2) is 24.5 Å². The topological polar surface area (TPSA) is 52.0 Å². The average Bonchev–Trinajstić information content (AvgIpc) is 2.78. The van der Waals surface area contributed by atoms with Crippen molar-refractivity contribution in [1.29, 1.82) is 0 Å². The molecule has 1 N–H and O–H groups in total. The Hall–Kier alpha value is -2.04. The Balaban J connectivity index is 2.13. The lowest BCUT2D eigenvalue weighted by Gasteiger charge is -2.14. The van der Waals surface area contributed by atoms with E-state index in [0.29, 0.717) is 18.3 Å². The molecule has 5 heteroatoms. The highest BCUT2D eigenvalue weighted by atomic mass is 16.5. The lowest BCUT2D eigenvalue weighted by atomic mass is 10.1. The predicted molar refractivity (Wildman–Crippen MR) is 84.6 cm³/mol. The van der Waals surface area contributed by atoms with Gasteiger partial charge in [-0.1, -0.05) is 13.8 Å². The summed E-state index contributed by atoms with van der Waals surface area (Å²) >= 11 is 0. The normalized spacial score (nSPS) is 11.2. The van der Waals surface area contributed by atoms with Gasteiger partial charge in [0.2, 0.25) is 5.88 Å². The lowest BCUT2D eigenvalue weighted by molar-refractivity contribution is 0.234. The molecule has 2 aromatic heterocycles. The van der Waals surface area contributed by atoms with Gasteiger partial charge >= 0.3 is 0 Å². The largest absolute Gasteiger partial charge is 0.473 e. The quantitative estimate of drug-likeness (QED) is 0.885. The third-order valence-electron chi connectivity index (χ3n) is 3.07. The molecule has 2 aromatic rings. The van der Waals surface area contributed by atoms with Gasteiger partial charge in [-0.05, 0) is 31.9 Å². The number of pyridine rings is 1. The van der Waals surface area contributed by atoms with Gasteiger partial charge in [-0.3, -0.25) is 4.68 Å². The van der Waals surface area contributed by atoms with Gasteiger partial charge in [0, 0.05) is 31.5 Å². The second kappa shape index (κ2) is 6.61. The summed E-state index contributed by atoms with van der Waals surface area (Å²) in [5.41, 5.74) is 3.23. The molecule has 21 heavy (non-hydrogen) atoms. The molecular formula is C16H24N4O. The average molecular weight is 288 g/mol. The Bertz CT molecular complexity index is 590. The first-order valence-electron chi connectivity index (χ1n) is 7.35. The van der Waals surface area contributed by atoms with E-state index in [9.17, 15) is 0 Å². The van der Waals surface area contributed by atoms with E-state index in [1.165, 1.54) is 5.56 Å². The Labute approximate surface area is 126 Å². The molecule has 0 aromatic carbocycles. The van der Waals surface area contributed by atoms with E-state index in [1.54, 1.807) is 6.20 Å². The minimum absolute atomic E-state index is 0.102. The smallest absolute Gasteiger partial charge is 0.237 e. The fraction of sp³-hybridized carbons (Fsp3) is 0.500. The number of aryl methyl sites for hydroxylation is 1. The van der Waals surface area contributed by atoms with E-state index < -0.39 is 0 Å². The van der Waals surface area contributed by atoms with E-state index >= 15 is 0 Å². The number of nitrogens with one attached hydrogen (secondary N) is 1. The van der Waals surface area contributed by atoms with Crippen LogP contribution in [0.2, 0.25) is 0 Å². The molecule has 2 heterocycles. The first kappa shape index (κ1) is 15.4. The van der Waals surface area contributed by atoms with Gasteiger partial charge in [0.05, 0.1) is 17.5 Å². The molecule has 0 radical (unpaired) electrons. The number of aromatic nitrogens is 3.